The number of likely N-dealkylation sites (tertiary alicyclic amines) is 1. The van der Waals surface area contributed by atoms with Crippen molar-refractivity contribution in [3.8, 4) is 0 Å². The Bertz CT molecular complexity index is 534. The monoisotopic (exact) mass is 298 g/mol. The van der Waals surface area contributed by atoms with Gasteiger partial charge in [-0.1, -0.05) is 11.3 Å². The Balaban J connectivity index is 1.94. The number of amides is 1. The molecule has 1 fully saturated rings. The van der Waals surface area contributed by atoms with Gasteiger partial charge in [0, 0.05) is 25.6 Å². The molecule has 2 heterocycles. The van der Waals surface area contributed by atoms with Gasteiger partial charge in [-0.2, -0.15) is 0 Å². The number of rotatable bonds is 4. The zero-order chi connectivity index (χ0) is 14.7. The molecule has 0 saturated carbocycles. The second-order valence-electron chi connectivity index (χ2n) is 4.73. The second kappa shape index (κ2) is 6.00. The highest BCUT2D eigenvalue weighted by atomic mass is 32.1. The van der Waals surface area contributed by atoms with E-state index in [2.05, 4.69) is 0 Å². The maximum absolute atomic E-state index is 12.2. The van der Waals surface area contributed by atoms with E-state index in [0.29, 0.717) is 30.8 Å². The minimum Gasteiger partial charge on any atom is -0.481 e. The first-order valence-electron chi connectivity index (χ1n) is 6.22. The van der Waals surface area contributed by atoms with E-state index in [-0.39, 0.29) is 23.2 Å². The highest BCUT2D eigenvalue weighted by molar-refractivity contribution is 7.17. The third-order valence-electron chi connectivity index (χ3n) is 3.35. The van der Waals surface area contributed by atoms with Crippen molar-refractivity contribution in [2.24, 2.45) is 5.92 Å². The summed E-state index contributed by atoms with van der Waals surface area (Å²) in [4.78, 5) is 34.9. The molecular formula is C12H14N2O5S. The Morgan fingerprint density at radius 2 is 2.05 bits per heavy atom. The number of carboxylic acid groups (broad SMARTS) is 1. The quantitative estimate of drug-likeness (QED) is 0.676. The van der Waals surface area contributed by atoms with Crippen LogP contribution in [0.5, 0.6) is 0 Å². The molecular weight excluding hydrogens is 284 g/mol. The summed E-state index contributed by atoms with van der Waals surface area (Å²) in [5.41, 5.74) is 0. The highest BCUT2D eigenvalue weighted by Gasteiger charge is 2.26. The van der Waals surface area contributed by atoms with E-state index >= 15 is 0 Å². The number of hydrogen-bond acceptors (Lipinski definition) is 5. The lowest BCUT2D eigenvalue weighted by molar-refractivity contribution is -0.380. The SMILES string of the molecule is O=C(O)CC1CCN(C(=O)c2ccc([N+](=O)[O-])s2)CC1. The van der Waals surface area contributed by atoms with E-state index in [4.69, 9.17) is 5.11 Å². The van der Waals surface area contributed by atoms with Crippen LogP contribution in [0, 0.1) is 16.0 Å². The van der Waals surface area contributed by atoms with Crippen molar-refractivity contribution in [1.82, 2.24) is 4.90 Å². The minimum absolute atomic E-state index is 0.0471. The van der Waals surface area contributed by atoms with E-state index in [1.807, 2.05) is 0 Å². The summed E-state index contributed by atoms with van der Waals surface area (Å²) in [5.74, 6) is -0.922. The molecule has 108 valence electrons. The number of piperidine rings is 1. The number of aliphatic carboxylic acids is 1. The molecule has 1 aliphatic heterocycles. The van der Waals surface area contributed by atoms with E-state index < -0.39 is 10.9 Å². The molecule has 0 spiro atoms. The largest absolute Gasteiger partial charge is 0.481 e. The normalized spacial score (nSPS) is 16.1. The standard InChI is InChI=1S/C12H14N2O5S/c15-11(16)7-8-3-5-13(6-4-8)12(17)9-1-2-10(20-9)14(18)19/h1-2,8H,3-7H2,(H,15,16). The van der Waals surface area contributed by atoms with E-state index in [0.717, 1.165) is 11.3 Å². The van der Waals surface area contributed by atoms with Gasteiger partial charge in [-0.05, 0) is 24.8 Å². The summed E-state index contributed by atoms with van der Waals surface area (Å²) in [6.45, 7) is 1.00. The molecule has 0 bridgehead atoms. The van der Waals surface area contributed by atoms with Gasteiger partial charge in [0.2, 0.25) is 0 Å². The fourth-order valence-corrected chi connectivity index (χ4v) is 3.07. The summed E-state index contributed by atoms with van der Waals surface area (Å²) in [5, 5.41) is 19.3. The predicted molar refractivity (Wildman–Crippen MR) is 71.9 cm³/mol. The molecule has 8 heteroatoms. The molecule has 0 atom stereocenters. The van der Waals surface area contributed by atoms with Crippen LogP contribution in [0.2, 0.25) is 0 Å². The first-order chi connectivity index (χ1) is 9.47. The average molecular weight is 298 g/mol. The van der Waals surface area contributed by atoms with Crippen molar-refractivity contribution in [2.75, 3.05) is 13.1 Å². The van der Waals surface area contributed by atoms with Gasteiger partial charge >= 0.3 is 11.0 Å². The van der Waals surface area contributed by atoms with Crippen LogP contribution in [0.3, 0.4) is 0 Å². The lowest BCUT2D eigenvalue weighted by atomic mass is 9.93. The number of nitrogens with zero attached hydrogens (tertiary/aromatic N) is 2. The van der Waals surface area contributed by atoms with Gasteiger partial charge in [0.1, 0.15) is 0 Å². The Morgan fingerprint density at radius 1 is 1.40 bits per heavy atom. The zero-order valence-corrected chi connectivity index (χ0v) is 11.5. The first-order valence-corrected chi connectivity index (χ1v) is 7.04. The number of nitro groups is 1. The molecule has 0 aromatic carbocycles. The fourth-order valence-electron chi connectivity index (χ4n) is 2.28. The summed E-state index contributed by atoms with van der Waals surface area (Å²) >= 11 is 0.870. The molecule has 1 aromatic rings. The lowest BCUT2D eigenvalue weighted by Gasteiger charge is -2.31. The molecule has 1 N–H and O–H groups in total. The van der Waals surface area contributed by atoms with Gasteiger partial charge in [-0.3, -0.25) is 19.7 Å². The molecule has 1 aliphatic rings. The molecule has 0 radical (unpaired) electrons. The molecule has 7 nitrogen and oxygen atoms in total. The predicted octanol–water partition coefficient (Wildman–Crippen LogP) is 1.98. The van der Waals surface area contributed by atoms with Crippen LogP contribution in [-0.2, 0) is 4.79 Å². The van der Waals surface area contributed by atoms with Crippen molar-refractivity contribution in [1.29, 1.82) is 0 Å². The topological polar surface area (TPSA) is 101 Å². The molecule has 1 aromatic heterocycles. The van der Waals surface area contributed by atoms with Gasteiger partial charge in [-0.25, -0.2) is 0 Å². The lowest BCUT2D eigenvalue weighted by Crippen LogP contribution is -2.38. The first kappa shape index (κ1) is 14.4. The highest BCUT2D eigenvalue weighted by Crippen LogP contribution is 2.27. The Kier molecular flexibility index (Phi) is 4.33. The third kappa shape index (κ3) is 3.32. The van der Waals surface area contributed by atoms with Crippen LogP contribution in [0.15, 0.2) is 12.1 Å². The Labute approximate surface area is 119 Å². The summed E-state index contributed by atoms with van der Waals surface area (Å²) in [7, 11) is 0. The van der Waals surface area contributed by atoms with Crippen LogP contribution in [0.1, 0.15) is 28.9 Å². The molecule has 2 rings (SSSR count). The Hall–Kier alpha value is -1.96. The van der Waals surface area contributed by atoms with Gasteiger partial charge in [0.05, 0.1) is 9.80 Å². The van der Waals surface area contributed by atoms with Crippen LogP contribution >= 0.6 is 11.3 Å². The summed E-state index contributed by atoms with van der Waals surface area (Å²) < 4.78 is 0. The van der Waals surface area contributed by atoms with Crippen molar-refractivity contribution < 1.29 is 19.6 Å². The van der Waals surface area contributed by atoms with Crippen LogP contribution in [0.25, 0.3) is 0 Å². The number of hydrogen-bond donors (Lipinski definition) is 1. The fraction of sp³-hybridized carbons (Fsp3) is 0.500. The molecule has 0 aliphatic carbocycles. The number of carbonyl (C=O) groups is 2. The maximum Gasteiger partial charge on any atom is 0.324 e. The second-order valence-corrected chi connectivity index (χ2v) is 5.79. The van der Waals surface area contributed by atoms with Gasteiger partial charge in [0.15, 0.2) is 0 Å². The third-order valence-corrected chi connectivity index (χ3v) is 4.37. The van der Waals surface area contributed by atoms with Gasteiger partial charge < -0.3 is 10.0 Å². The molecule has 0 unspecified atom stereocenters. The number of carboxylic acids is 1. The zero-order valence-electron chi connectivity index (χ0n) is 10.7. The van der Waals surface area contributed by atoms with Crippen molar-refractivity contribution >= 4 is 28.2 Å². The van der Waals surface area contributed by atoms with Crippen molar-refractivity contribution in [3.05, 3.63) is 27.1 Å². The van der Waals surface area contributed by atoms with Gasteiger partial charge in [-0.15, -0.1) is 0 Å². The van der Waals surface area contributed by atoms with E-state index in [1.54, 1.807) is 4.90 Å². The van der Waals surface area contributed by atoms with Crippen LogP contribution < -0.4 is 0 Å². The summed E-state index contributed by atoms with van der Waals surface area (Å²) in [6, 6.07) is 2.80. The van der Waals surface area contributed by atoms with Crippen molar-refractivity contribution in [3.63, 3.8) is 0 Å². The van der Waals surface area contributed by atoms with Gasteiger partial charge in [0.25, 0.3) is 5.91 Å². The average Bonchev–Trinajstić information content (AvgIpc) is 2.88. The number of thiophene rings is 1. The molecule has 20 heavy (non-hydrogen) atoms. The summed E-state index contributed by atoms with van der Waals surface area (Å²) in [6.07, 6.45) is 1.45. The maximum atomic E-state index is 12.2. The van der Waals surface area contributed by atoms with Crippen LogP contribution in [-0.4, -0.2) is 39.9 Å². The Morgan fingerprint density at radius 3 is 2.55 bits per heavy atom. The van der Waals surface area contributed by atoms with E-state index in [9.17, 15) is 19.7 Å². The molecule has 1 saturated heterocycles. The smallest absolute Gasteiger partial charge is 0.324 e. The number of carbonyl (C=O) groups excluding carboxylic acids is 1. The molecule has 1 amide bonds. The van der Waals surface area contributed by atoms with Crippen molar-refractivity contribution in [2.45, 2.75) is 19.3 Å². The minimum atomic E-state index is -0.816. The van der Waals surface area contributed by atoms with E-state index in [1.165, 1.54) is 12.1 Å². The van der Waals surface area contributed by atoms with Crippen LogP contribution in [0.4, 0.5) is 5.00 Å².